The van der Waals surface area contributed by atoms with Gasteiger partial charge in [-0.2, -0.15) is 5.10 Å². The van der Waals surface area contributed by atoms with E-state index in [-0.39, 0.29) is 5.91 Å². The third-order valence-electron chi connectivity index (χ3n) is 2.44. The van der Waals surface area contributed by atoms with Crippen molar-refractivity contribution in [1.82, 2.24) is 15.1 Å². The minimum atomic E-state index is -0.159. The molecule has 0 aliphatic heterocycles. The lowest BCUT2D eigenvalue weighted by Gasteiger charge is -2.07. The molecule has 0 fully saturated rings. The van der Waals surface area contributed by atoms with E-state index in [1.807, 2.05) is 0 Å². The Morgan fingerprint density at radius 2 is 2.16 bits per heavy atom. The number of aryl methyl sites for hydroxylation is 1. The Balaban J connectivity index is 1.72. The van der Waals surface area contributed by atoms with Gasteiger partial charge < -0.3 is 10.1 Å². The highest BCUT2D eigenvalue weighted by atomic mass is 35.5. The number of benzene rings is 1. The van der Waals surface area contributed by atoms with Gasteiger partial charge in [0.15, 0.2) is 0 Å². The molecule has 100 valence electrons. The zero-order valence-electron chi connectivity index (χ0n) is 10.5. The summed E-state index contributed by atoms with van der Waals surface area (Å²) >= 11 is 5.76. The second-order valence-electron chi connectivity index (χ2n) is 3.96. The lowest BCUT2D eigenvalue weighted by atomic mass is 10.3. The molecular weight excluding hydrogens is 266 g/mol. The van der Waals surface area contributed by atoms with Crippen molar-refractivity contribution in [2.24, 2.45) is 7.05 Å². The van der Waals surface area contributed by atoms with Crippen molar-refractivity contribution in [3.63, 3.8) is 0 Å². The summed E-state index contributed by atoms with van der Waals surface area (Å²) in [5.74, 6) is 0.563. The van der Waals surface area contributed by atoms with Crippen LogP contribution in [0.15, 0.2) is 36.7 Å². The van der Waals surface area contributed by atoms with Crippen LogP contribution in [-0.4, -0.2) is 28.8 Å². The first-order chi connectivity index (χ1) is 9.15. The molecule has 1 aromatic carbocycles. The van der Waals surface area contributed by atoms with E-state index in [2.05, 4.69) is 10.4 Å². The third kappa shape index (κ3) is 3.99. The van der Waals surface area contributed by atoms with Crippen LogP contribution in [0.2, 0.25) is 5.02 Å². The van der Waals surface area contributed by atoms with Crippen molar-refractivity contribution < 1.29 is 9.53 Å². The minimum absolute atomic E-state index is 0.159. The van der Waals surface area contributed by atoms with Gasteiger partial charge in [0.05, 0.1) is 18.3 Å². The number of amides is 1. The van der Waals surface area contributed by atoms with Gasteiger partial charge in [0.25, 0.3) is 5.91 Å². The lowest BCUT2D eigenvalue weighted by Crippen LogP contribution is -2.27. The van der Waals surface area contributed by atoms with Crippen LogP contribution >= 0.6 is 11.6 Å². The molecule has 2 aromatic rings. The monoisotopic (exact) mass is 279 g/mol. The number of hydrogen-bond acceptors (Lipinski definition) is 3. The fourth-order valence-corrected chi connectivity index (χ4v) is 1.63. The number of ether oxygens (including phenoxy) is 1. The molecule has 1 heterocycles. The fraction of sp³-hybridized carbons (Fsp3) is 0.231. The van der Waals surface area contributed by atoms with Crippen molar-refractivity contribution in [2.45, 2.75) is 0 Å². The van der Waals surface area contributed by atoms with Crippen LogP contribution in [0.4, 0.5) is 0 Å². The normalized spacial score (nSPS) is 10.2. The van der Waals surface area contributed by atoms with Crippen molar-refractivity contribution in [2.75, 3.05) is 13.2 Å². The molecule has 0 aliphatic carbocycles. The molecule has 0 saturated heterocycles. The Morgan fingerprint density at radius 3 is 2.79 bits per heavy atom. The molecule has 5 nitrogen and oxygen atoms in total. The van der Waals surface area contributed by atoms with Crippen LogP contribution < -0.4 is 10.1 Å². The van der Waals surface area contributed by atoms with Gasteiger partial charge in [-0.25, -0.2) is 0 Å². The Morgan fingerprint density at radius 1 is 1.42 bits per heavy atom. The van der Waals surface area contributed by atoms with Crippen molar-refractivity contribution >= 4 is 17.5 Å². The highest BCUT2D eigenvalue weighted by molar-refractivity contribution is 6.30. The van der Waals surface area contributed by atoms with E-state index in [0.29, 0.717) is 23.7 Å². The van der Waals surface area contributed by atoms with Gasteiger partial charge in [-0.15, -0.1) is 0 Å². The number of carbonyl (C=O) groups excluding carboxylic acids is 1. The summed E-state index contributed by atoms with van der Waals surface area (Å²) in [6, 6.07) is 7.08. The molecule has 0 spiro atoms. The van der Waals surface area contributed by atoms with E-state index in [9.17, 15) is 4.79 Å². The average molecular weight is 280 g/mol. The highest BCUT2D eigenvalue weighted by Gasteiger charge is 2.06. The van der Waals surface area contributed by atoms with E-state index >= 15 is 0 Å². The first kappa shape index (κ1) is 13.4. The third-order valence-corrected chi connectivity index (χ3v) is 2.69. The quantitative estimate of drug-likeness (QED) is 0.850. The molecule has 1 N–H and O–H groups in total. The Labute approximate surface area is 116 Å². The minimum Gasteiger partial charge on any atom is -0.492 e. The molecule has 1 amide bonds. The van der Waals surface area contributed by atoms with Gasteiger partial charge in [-0.1, -0.05) is 11.6 Å². The lowest BCUT2D eigenvalue weighted by molar-refractivity contribution is 0.0947. The maximum absolute atomic E-state index is 11.7. The molecular formula is C13H14ClN3O2. The Kier molecular flexibility index (Phi) is 4.41. The topological polar surface area (TPSA) is 56.2 Å². The summed E-state index contributed by atoms with van der Waals surface area (Å²) in [5, 5.41) is 7.35. The summed E-state index contributed by atoms with van der Waals surface area (Å²) in [6.07, 6.45) is 3.19. The van der Waals surface area contributed by atoms with Crippen LogP contribution in [-0.2, 0) is 7.05 Å². The van der Waals surface area contributed by atoms with Gasteiger partial charge in [0.2, 0.25) is 0 Å². The summed E-state index contributed by atoms with van der Waals surface area (Å²) in [5.41, 5.74) is 0.536. The van der Waals surface area contributed by atoms with E-state index in [1.165, 1.54) is 6.20 Å². The molecule has 0 bridgehead atoms. The van der Waals surface area contributed by atoms with Crippen molar-refractivity contribution in [1.29, 1.82) is 0 Å². The second-order valence-corrected chi connectivity index (χ2v) is 4.40. The largest absolute Gasteiger partial charge is 0.492 e. The molecule has 2 rings (SSSR count). The molecule has 0 unspecified atom stereocenters. The fourth-order valence-electron chi connectivity index (χ4n) is 1.50. The number of rotatable bonds is 5. The van der Waals surface area contributed by atoms with Crippen LogP contribution in [0.1, 0.15) is 10.4 Å². The second kappa shape index (κ2) is 6.24. The van der Waals surface area contributed by atoms with Gasteiger partial charge in [-0.3, -0.25) is 9.48 Å². The van der Waals surface area contributed by atoms with Crippen LogP contribution in [0, 0.1) is 0 Å². The van der Waals surface area contributed by atoms with Gasteiger partial charge in [-0.05, 0) is 24.3 Å². The maximum atomic E-state index is 11.7. The molecule has 0 radical (unpaired) electrons. The predicted octanol–water partition coefficient (Wildman–Crippen LogP) is 1.88. The molecule has 6 heteroatoms. The number of nitrogens with one attached hydrogen (secondary N) is 1. The number of aromatic nitrogens is 2. The zero-order valence-corrected chi connectivity index (χ0v) is 11.2. The first-order valence-corrected chi connectivity index (χ1v) is 6.18. The van der Waals surface area contributed by atoms with Gasteiger partial charge in [0.1, 0.15) is 12.4 Å². The van der Waals surface area contributed by atoms with Crippen LogP contribution in [0.3, 0.4) is 0 Å². The van der Waals surface area contributed by atoms with E-state index in [1.54, 1.807) is 42.2 Å². The Hall–Kier alpha value is -2.01. The number of hydrogen-bond donors (Lipinski definition) is 1. The SMILES string of the molecule is Cn1cc(C(=O)NCCOc2ccc(Cl)cc2)cn1. The molecule has 0 saturated carbocycles. The predicted molar refractivity (Wildman–Crippen MR) is 72.5 cm³/mol. The van der Waals surface area contributed by atoms with Gasteiger partial charge >= 0.3 is 0 Å². The number of halogens is 1. The standard InChI is InChI=1S/C13H14ClN3O2/c1-17-9-10(8-16-17)13(18)15-6-7-19-12-4-2-11(14)3-5-12/h2-5,8-9H,6-7H2,1H3,(H,15,18). The summed E-state index contributed by atoms with van der Waals surface area (Å²) in [4.78, 5) is 11.7. The zero-order chi connectivity index (χ0) is 13.7. The van der Waals surface area contributed by atoms with E-state index in [0.717, 1.165) is 5.75 Å². The summed E-state index contributed by atoms with van der Waals surface area (Å²) in [6.45, 7) is 0.823. The first-order valence-electron chi connectivity index (χ1n) is 5.80. The Bertz CT molecular complexity index is 551. The molecule has 0 aliphatic rings. The molecule has 19 heavy (non-hydrogen) atoms. The van der Waals surface area contributed by atoms with E-state index < -0.39 is 0 Å². The molecule has 0 atom stereocenters. The summed E-state index contributed by atoms with van der Waals surface area (Å²) < 4.78 is 7.04. The number of carbonyl (C=O) groups is 1. The highest BCUT2D eigenvalue weighted by Crippen LogP contribution is 2.15. The van der Waals surface area contributed by atoms with Crippen molar-refractivity contribution in [3.8, 4) is 5.75 Å². The van der Waals surface area contributed by atoms with E-state index in [4.69, 9.17) is 16.3 Å². The average Bonchev–Trinajstić information content (AvgIpc) is 2.83. The van der Waals surface area contributed by atoms with Crippen LogP contribution in [0.25, 0.3) is 0 Å². The smallest absolute Gasteiger partial charge is 0.254 e. The number of nitrogens with zero attached hydrogens (tertiary/aromatic N) is 2. The van der Waals surface area contributed by atoms with Crippen LogP contribution in [0.5, 0.6) is 5.75 Å². The van der Waals surface area contributed by atoms with Crippen molar-refractivity contribution in [3.05, 3.63) is 47.2 Å². The maximum Gasteiger partial charge on any atom is 0.254 e. The molecule has 1 aromatic heterocycles. The van der Waals surface area contributed by atoms with Gasteiger partial charge in [0, 0.05) is 18.3 Å². The summed E-state index contributed by atoms with van der Waals surface area (Å²) in [7, 11) is 1.76.